The molecule has 0 aromatic carbocycles. The minimum absolute atomic E-state index is 0.220. The highest BCUT2D eigenvalue weighted by atomic mass is 16.1. The third-order valence-corrected chi connectivity index (χ3v) is 2.83. The van der Waals surface area contributed by atoms with Gasteiger partial charge in [-0.15, -0.1) is 0 Å². The molecule has 0 radical (unpaired) electrons. The topological polar surface area (TPSA) is 41.1 Å². The van der Waals surface area contributed by atoms with Gasteiger partial charge in [0.2, 0.25) is 5.91 Å². The molecule has 2 saturated carbocycles. The van der Waals surface area contributed by atoms with Crippen molar-refractivity contribution in [1.29, 1.82) is 0 Å². The highest BCUT2D eigenvalue weighted by Gasteiger charge is 2.21. The predicted octanol–water partition coefficient (Wildman–Crippen LogP) is 0.797. The standard InChI is InChI=1S/C10H18N2O/c13-10(12-9-2-1-3-9)6-7-11-8-4-5-8/h8-9,11H,1-7H2,(H,12,13). The highest BCUT2D eigenvalue weighted by Crippen LogP contribution is 2.19. The molecule has 2 rings (SSSR count). The van der Waals surface area contributed by atoms with Crippen LogP contribution in [-0.2, 0) is 4.79 Å². The van der Waals surface area contributed by atoms with Crippen molar-refractivity contribution in [2.75, 3.05) is 6.54 Å². The minimum Gasteiger partial charge on any atom is -0.353 e. The van der Waals surface area contributed by atoms with Crippen LogP contribution in [0.4, 0.5) is 0 Å². The summed E-state index contributed by atoms with van der Waals surface area (Å²) in [5.74, 6) is 0.220. The van der Waals surface area contributed by atoms with Crippen LogP contribution >= 0.6 is 0 Å². The number of rotatable bonds is 5. The second-order valence-electron chi connectivity index (χ2n) is 4.17. The zero-order valence-electron chi connectivity index (χ0n) is 8.01. The molecule has 2 N–H and O–H groups in total. The lowest BCUT2D eigenvalue weighted by Crippen LogP contribution is -2.40. The van der Waals surface area contributed by atoms with Gasteiger partial charge >= 0.3 is 0 Å². The van der Waals surface area contributed by atoms with E-state index in [1.807, 2.05) is 0 Å². The Labute approximate surface area is 79.3 Å². The lowest BCUT2D eigenvalue weighted by atomic mass is 9.93. The average molecular weight is 182 g/mol. The van der Waals surface area contributed by atoms with E-state index in [0.717, 1.165) is 12.6 Å². The van der Waals surface area contributed by atoms with Crippen molar-refractivity contribution in [3.05, 3.63) is 0 Å². The summed E-state index contributed by atoms with van der Waals surface area (Å²) < 4.78 is 0. The van der Waals surface area contributed by atoms with E-state index in [0.29, 0.717) is 12.5 Å². The first-order chi connectivity index (χ1) is 6.34. The largest absolute Gasteiger partial charge is 0.353 e. The maximum atomic E-state index is 11.3. The first kappa shape index (κ1) is 9.00. The van der Waals surface area contributed by atoms with Crippen LogP contribution in [0.1, 0.15) is 38.5 Å². The SMILES string of the molecule is O=C(CCNC1CC1)NC1CCC1. The number of nitrogens with one attached hydrogen (secondary N) is 2. The summed E-state index contributed by atoms with van der Waals surface area (Å²) in [6.07, 6.45) is 6.89. The quantitative estimate of drug-likeness (QED) is 0.660. The molecule has 0 atom stereocenters. The van der Waals surface area contributed by atoms with Crippen molar-refractivity contribution in [1.82, 2.24) is 10.6 Å². The van der Waals surface area contributed by atoms with Gasteiger partial charge in [0.1, 0.15) is 0 Å². The first-order valence-electron chi connectivity index (χ1n) is 5.37. The van der Waals surface area contributed by atoms with Gasteiger partial charge in [0.25, 0.3) is 0 Å². The van der Waals surface area contributed by atoms with E-state index in [4.69, 9.17) is 0 Å². The maximum Gasteiger partial charge on any atom is 0.221 e. The lowest BCUT2D eigenvalue weighted by Gasteiger charge is -2.26. The fourth-order valence-electron chi connectivity index (χ4n) is 1.53. The number of carbonyl (C=O) groups is 1. The Morgan fingerprint density at radius 3 is 2.46 bits per heavy atom. The molecule has 1 amide bonds. The predicted molar refractivity (Wildman–Crippen MR) is 51.4 cm³/mol. The Morgan fingerprint density at radius 2 is 1.92 bits per heavy atom. The molecule has 74 valence electrons. The molecule has 0 saturated heterocycles. The first-order valence-corrected chi connectivity index (χ1v) is 5.37. The summed E-state index contributed by atoms with van der Waals surface area (Å²) in [5, 5.41) is 6.37. The van der Waals surface area contributed by atoms with Gasteiger partial charge in [0, 0.05) is 25.0 Å². The van der Waals surface area contributed by atoms with Gasteiger partial charge in [0.05, 0.1) is 0 Å². The summed E-state index contributed by atoms with van der Waals surface area (Å²) in [4.78, 5) is 11.3. The van der Waals surface area contributed by atoms with Gasteiger partial charge in [-0.2, -0.15) is 0 Å². The molecule has 0 aromatic rings. The molecule has 0 spiro atoms. The van der Waals surface area contributed by atoms with E-state index in [1.165, 1.54) is 32.1 Å². The molecule has 0 heterocycles. The lowest BCUT2D eigenvalue weighted by molar-refractivity contribution is -0.122. The van der Waals surface area contributed by atoms with Gasteiger partial charge in [0.15, 0.2) is 0 Å². The van der Waals surface area contributed by atoms with E-state index in [9.17, 15) is 4.79 Å². The Bertz CT molecular complexity index is 185. The molecule has 2 aliphatic rings. The van der Waals surface area contributed by atoms with Crippen molar-refractivity contribution in [3.8, 4) is 0 Å². The second kappa shape index (κ2) is 4.09. The summed E-state index contributed by atoms with van der Waals surface area (Å²) in [6, 6.07) is 1.21. The Hall–Kier alpha value is -0.570. The summed E-state index contributed by atoms with van der Waals surface area (Å²) in [5.41, 5.74) is 0. The molecule has 2 fully saturated rings. The van der Waals surface area contributed by atoms with Crippen LogP contribution in [0.3, 0.4) is 0 Å². The molecular formula is C10H18N2O. The summed E-state index contributed by atoms with van der Waals surface area (Å²) >= 11 is 0. The Balaban J connectivity index is 1.49. The van der Waals surface area contributed by atoms with Crippen LogP contribution in [0.5, 0.6) is 0 Å². The van der Waals surface area contributed by atoms with Crippen molar-refractivity contribution in [2.45, 2.75) is 50.6 Å². The van der Waals surface area contributed by atoms with E-state index in [2.05, 4.69) is 10.6 Å². The maximum absolute atomic E-state index is 11.3. The summed E-state index contributed by atoms with van der Waals surface area (Å²) in [6.45, 7) is 0.850. The minimum atomic E-state index is 0.220. The smallest absolute Gasteiger partial charge is 0.221 e. The fourth-order valence-corrected chi connectivity index (χ4v) is 1.53. The van der Waals surface area contributed by atoms with E-state index in [1.54, 1.807) is 0 Å². The third kappa shape index (κ3) is 2.99. The van der Waals surface area contributed by atoms with Crippen LogP contribution in [0.15, 0.2) is 0 Å². The zero-order valence-corrected chi connectivity index (χ0v) is 8.01. The molecule has 0 bridgehead atoms. The van der Waals surface area contributed by atoms with Crippen molar-refractivity contribution < 1.29 is 4.79 Å². The molecule has 0 aliphatic heterocycles. The molecule has 3 nitrogen and oxygen atoms in total. The Kier molecular flexibility index (Phi) is 2.83. The average Bonchev–Trinajstić information content (AvgIpc) is 2.81. The number of amides is 1. The van der Waals surface area contributed by atoms with Crippen molar-refractivity contribution >= 4 is 5.91 Å². The van der Waals surface area contributed by atoms with Crippen LogP contribution in [0.2, 0.25) is 0 Å². The molecule has 0 unspecified atom stereocenters. The van der Waals surface area contributed by atoms with Crippen molar-refractivity contribution in [2.24, 2.45) is 0 Å². The van der Waals surface area contributed by atoms with Crippen LogP contribution in [-0.4, -0.2) is 24.5 Å². The fraction of sp³-hybridized carbons (Fsp3) is 0.900. The van der Waals surface area contributed by atoms with Crippen LogP contribution < -0.4 is 10.6 Å². The third-order valence-electron chi connectivity index (χ3n) is 2.83. The van der Waals surface area contributed by atoms with E-state index >= 15 is 0 Å². The zero-order chi connectivity index (χ0) is 9.10. The van der Waals surface area contributed by atoms with Crippen LogP contribution in [0.25, 0.3) is 0 Å². The van der Waals surface area contributed by atoms with Gasteiger partial charge in [-0.1, -0.05) is 0 Å². The number of carbonyl (C=O) groups excluding carboxylic acids is 1. The highest BCUT2D eigenvalue weighted by molar-refractivity contribution is 5.76. The van der Waals surface area contributed by atoms with E-state index < -0.39 is 0 Å². The van der Waals surface area contributed by atoms with Gasteiger partial charge < -0.3 is 10.6 Å². The summed E-state index contributed by atoms with van der Waals surface area (Å²) in [7, 11) is 0. The second-order valence-corrected chi connectivity index (χ2v) is 4.17. The molecule has 0 aromatic heterocycles. The molecular weight excluding hydrogens is 164 g/mol. The molecule has 2 aliphatic carbocycles. The van der Waals surface area contributed by atoms with Crippen molar-refractivity contribution in [3.63, 3.8) is 0 Å². The van der Waals surface area contributed by atoms with E-state index in [-0.39, 0.29) is 5.91 Å². The van der Waals surface area contributed by atoms with Gasteiger partial charge in [-0.3, -0.25) is 4.79 Å². The number of hydrogen-bond donors (Lipinski definition) is 2. The molecule has 13 heavy (non-hydrogen) atoms. The van der Waals surface area contributed by atoms with Gasteiger partial charge in [-0.05, 0) is 32.1 Å². The molecule has 3 heteroatoms. The monoisotopic (exact) mass is 182 g/mol. The normalized spacial score (nSPS) is 22.5. The number of hydrogen-bond acceptors (Lipinski definition) is 2. The van der Waals surface area contributed by atoms with Crippen LogP contribution in [0, 0.1) is 0 Å². The Morgan fingerprint density at radius 1 is 1.15 bits per heavy atom. The van der Waals surface area contributed by atoms with Gasteiger partial charge in [-0.25, -0.2) is 0 Å².